The zero-order chi connectivity index (χ0) is 19.0. The Balaban J connectivity index is 1.79. The van der Waals surface area contributed by atoms with Gasteiger partial charge in [0.1, 0.15) is 5.82 Å². The lowest BCUT2D eigenvalue weighted by Gasteiger charge is -2.08. The average Bonchev–Trinajstić information content (AvgIpc) is 3.11. The van der Waals surface area contributed by atoms with Gasteiger partial charge in [-0.3, -0.25) is 4.79 Å². The van der Waals surface area contributed by atoms with E-state index in [1.54, 1.807) is 19.2 Å². The number of aryl methyl sites for hydroxylation is 2. The number of aromatic nitrogens is 3. The van der Waals surface area contributed by atoms with Crippen LogP contribution in [-0.4, -0.2) is 20.4 Å². The van der Waals surface area contributed by atoms with Crippen molar-refractivity contribution in [3.63, 3.8) is 0 Å². The molecule has 0 saturated carbocycles. The van der Waals surface area contributed by atoms with Crippen LogP contribution in [0.4, 0.5) is 0 Å². The van der Waals surface area contributed by atoms with Crippen LogP contribution in [0.15, 0.2) is 75.2 Å². The molecule has 2 aromatic carbocycles. The summed E-state index contributed by atoms with van der Waals surface area (Å²) in [6.45, 7) is 3.84. The van der Waals surface area contributed by atoms with Crippen LogP contribution < -0.4 is 5.56 Å². The Morgan fingerprint density at radius 3 is 2.74 bits per heavy atom. The largest absolute Gasteiger partial charge is 0.316 e. The molecule has 0 unspecified atom stereocenters. The molecule has 0 radical (unpaired) electrons. The van der Waals surface area contributed by atoms with Crippen molar-refractivity contribution in [2.45, 2.75) is 13.8 Å². The highest BCUT2D eigenvalue weighted by Gasteiger charge is 2.08. The first kappa shape index (κ1) is 17.4. The first-order valence-corrected chi connectivity index (χ1v) is 9.30. The van der Waals surface area contributed by atoms with Gasteiger partial charge in [-0.25, -0.2) is 4.98 Å². The summed E-state index contributed by atoms with van der Waals surface area (Å²) in [5.74, 6) is 0.541. The summed E-state index contributed by atoms with van der Waals surface area (Å²) >= 11 is 3.40. The fourth-order valence-electron chi connectivity index (χ4n) is 3.02. The number of hydrogen-bond acceptors (Lipinski definition) is 3. The van der Waals surface area contributed by atoms with Gasteiger partial charge >= 0.3 is 0 Å². The van der Waals surface area contributed by atoms with Crippen molar-refractivity contribution in [3.8, 4) is 5.69 Å². The van der Waals surface area contributed by atoms with Crippen LogP contribution in [0.3, 0.4) is 0 Å². The third kappa shape index (κ3) is 3.36. The molecule has 4 rings (SSSR count). The molecule has 0 amide bonds. The molecule has 0 fully saturated rings. The van der Waals surface area contributed by atoms with Crippen LogP contribution >= 0.6 is 15.9 Å². The van der Waals surface area contributed by atoms with Crippen LogP contribution in [0.2, 0.25) is 0 Å². The Hall–Kier alpha value is -2.99. The van der Waals surface area contributed by atoms with E-state index in [9.17, 15) is 4.79 Å². The van der Waals surface area contributed by atoms with Gasteiger partial charge in [0.05, 0.1) is 22.8 Å². The van der Waals surface area contributed by atoms with Crippen molar-refractivity contribution >= 4 is 33.0 Å². The molecule has 2 heterocycles. The standard InChI is InChI=1S/C21H17BrN4O/c1-14-5-3-6-17(11-14)25-10-4-7-18(25)13-23-26-15(2)24-20-9-8-16(22)12-19(20)21(26)27/h3-13H,1-2H3. The van der Waals surface area contributed by atoms with E-state index >= 15 is 0 Å². The van der Waals surface area contributed by atoms with Gasteiger partial charge in [0.15, 0.2) is 0 Å². The van der Waals surface area contributed by atoms with Gasteiger partial charge in [-0.05, 0) is 61.9 Å². The number of fused-ring (bicyclic) bond motifs is 1. The van der Waals surface area contributed by atoms with Crippen molar-refractivity contribution in [2.75, 3.05) is 0 Å². The molecule has 0 N–H and O–H groups in total. The van der Waals surface area contributed by atoms with E-state index in [4.69, 9.17) is 0 Å². The molecule has 6 heteroatoms. The average molecular weight is 421 g/mol. The maximum Gasteiger partial charge on any atom is 0.282 e. The van der Waals surface area contributed by atoms with E-state index in [0.29, 0.717) is 16.7 Å². The van der Waals surface area contributed by atoms with Gasteiger partial charge in [0, 0.05) is 16.4 Å². The lowest BCUT2D eigenvalue weighted by Crippen LogP contribution is -2.20. The molecule has 0 atom stereocenters. The van der Waals surface area contributed by atoms with Gasteiger partial charge in [-0.2, -0.15) is 9.78 Å². The quantitative estimate of drug-likeness (QED) is 0.459. The summed E-state index contributed by atoms with van der Waals surface area (Å²) in [4.78, 5) is 17.3. The van der Waals surface area contributed by atoms with Crippen LogP contribution in [0.5, 0.6) is 0 Å². The van der Waals surface area contributed by atoms with Crippen molar-refractivity contribution in [1.82, 2.24) is 14.2 Å². The highest BCUT2D eigenvalue weighted by atomic mass is 79.9. The molecule has 5 nitrogen and oxygen atoms in total. The van der Waals surface area contributed by atoms with Crippen LogP contribution in [0.25, 0.3) is 16.6 Å². The first-order valence-electron chi connectivity index (χ1n) is 8.50. The van der Waals surface area contributed by atoms with E-state index in [1.807, 2.05) is 47.2 Å². The molecule has 2 aromatic heterocycles. The van der Waals surface area contributed by atoms with Gasteiger partial charge in [-0.15, -0.1) is 0 Å². The minimum Gasteiger partial charge on any atom is -0.316 e. The highest BCUT2D eigenvalue weighted by Crippen LogP contribution is 2.16. The van der Waals surface area contributed by atoms with Gasteiger partial charge in [0.25, 0.3) is 5.56 Å². The van der Waals surface area contributed by atoms with E-state index in [1.165, 1.54) is 10.2 Å². The molecular formula is C21H17BrN4O. The van der Waals surface area contributed by atoms with E-state index in [-0.39, 0.29) is 5.56 Å². The lowest BCUT2D eigenvalue weighted by molar-refractivity contribution is 0.769. The Kier molecular flexibility index (Phi) is 4.49. The summed E-state index contributed by atoms with van der Waals surface area (Å²) in [6, 6.07) is 17.6. The number of halogens is 1. The molecule has 0 saturated heterocycles. The second-order valence-electron chi connectivity index (χ2n) is 6.32. The van der Waals surface area contributed by atoms with Crippen molar-refractivity contribution in [3.05, 3.63) is 92.7 Å². The molecule has 0 aliphatic carbocycles. The van der Waals surface area contributed by atoms with Crippen molar-refractivity contribution in [2.24, 2.45) is 5.10 Å². The van der Waals surface area contributed by atoms with Gasteiger partial charge in [0.2, 0.25) is 0 Å². The highest BCUT2D eigenvalue weighted by molar-refractivity contribution is 9.10. The molecule has 27 heavy (non-hydrogen) atoms. The minimum absolute atomic E-state index is 0.191. The van der Waals surface area contributed by atoms with E-state index in [0.717, 1.165) is 15.9 Å². The molecule has 4 aromatic rings. The topological polar surface area (TPSA) is 52.2 Å². The molecule has 0 spiro atoms. The lowest BCUT2D eigenvalue weighted by atomic mass is 10.2. The predicted molar refractivity (Wildman–Crippen MR) is 112 cm³/mol. The normalized spacial score (nSPS) is 11.5. The predicted octanol–water partition coefficient (Wildman–Crippen LogP) is 4.45. The Labute approximate surface area is 164 Å². The molecule has 0 aliphatic heterocycles. The maximum absolute atomic E-state index is 12.8. The second-order valence-corrected chi connectivity index (χ2v) is 7.24. The monoisotopic (exact) mass is 420 g/mol. The zero-order valence-corrected chi connectivity index (χ0v) is 16.5. The third-order valence-corrected chi connectivity index (χ3v) is 4.83. The summed E-state index contributed by atoms with van der Waals surface area (Å²) in [7, 11) is 0. The number of benzene rings is 2. The Morgan fingerprint density at radius 2 is 1.93 bits per heavy atom. The van der Waals surface area contributed by atoms with Gasteiger partial charge in [-0.1, -0.05) is 28.1 Å². The fraction of sp³-hybridized carbons (Fsp3) is 0.0952. The molecule has 0 aliphatic rings. The summed E-state index contributed by atoms with van der Waals surface area (Å²) in [5.41, 5.74) is 3.58. The second kappa shape index (κ2) is 6.96. The van der Waals surface area contributed by atoms with Crippen LogP contribution in [-0.2, 0) is 0 Å². The maximum atomic E-state index is 12.8. The Morgan fingerprint density at radius 1 is 1.07 bits per heavy atom. The number of rotatable bonds is 3. The molecule has 134 valence electrons. The molecule has 0 bridgehead atoms. The Bertz CT molecular complexity index is 1240. The SMILES string of the molecule is Cc1cccc(-n2cccc2C=Nn2c(C)nc3ccc(Br)cc3c2=O)c1. The zero-order valence-electron chi connectivity index (χ0n) is 14.9. The number of hydrogen-bond donors (Lipinski definition) is 0. The van der Waals surface area contributed by atoms with Crippen molar-refractivity contribution < 1.29 is 0 Å². The third-order valence-electron chi connectivity index (χ3n) is 4.34. The summed E-state index contributed by atoms with van der Waals surface area (Å²) in [5, 5.41) is 4.95. The number of nitrogens with zero attached hydrogens (tertiary/aromatic N) is 4. The minimum atomic E-state index is -0.191. The van der Waals surface area contributed by atoms with Crippen molar-refractivity contribution in [1.29, 1.82) is 0 Å². The summed E-state index contributed by atoms with van der Waals surface area (Å²) in [6.07, 6.45) is 3.66. The van der Waals surface area contributed by atoms with Crippen LogP contribution in [0.1, 0.15) is 17.1 Å². The van der Waals surface area contributed by atoms with E-state index < -0.39 is 0 Å². The first-order chi connectivity index (χ1) is 13.0. The smallest absolute Gasteiger partial charge is 0.282 e. The van der Waals surface area contributed by atoms with Gasteiger partial charge < -0.3 is 4.57 Å². The van der Waals surface area contributed by atoms with E-state index in [2.05, 4.69) is 45.1 Å². The fourth-order valence-corrected chi connectivity index (χ4v) is 3.39. The molecular weight excluding hydrogens is 404 g/mol. The summed E-state index contributed by atoms with van der Waals surface area (Å²) < 4.78 is 4.20. The van der Waals surface area contributed by atoms with Crippen LogP contribution in [0, 0.1) is 13.8 Å².